The van der Waals surface area contributed by atoms with Crippen LogP contribution in [0.5, 0.6) is 17.2 Å². The van der Waals surface area contributed by atoms with Crippen molar-refractivity contribution in [2.24, 2.45) is 0 Å². The van der Waals surface area contributed by atoms with Gasteiger partial charge in [0, 0.05) is 24.4 Å². The van der Waals surface area contributed by atoms with Gasteiger partial charge < -0.3 is 24.3 Å². The molecule has 6 nitrogen and oxygen atoms in total. The molecule has 0 heterocycles. The maximum atomic E-state index is 11.6. The molecule has 0 aliphatic carbocycles. The molecular weight excluding hydrogens is 250 g/mol. The van der Waals surface area contributed by atoms with Crippen LogP contribution in [0.4, 0.5) is 5.69 Å². The fourth-order valence-corrected chi connectivity index (χ4v) is 1.55. The Morgan fingerprint density at radius 1 is 1.11 bits per heavy atom. The molecule has 106 valence electrons. The molecule has 0 bridgehead atoms. The van der Waals surface area contributed by atoms with E-state index < -0.39 is 0 Å². The van der Waals surface area contributed by atoms with Crippen molar-refractivity contribution in [3.63, 3.8) is 0 Å². The number of amides is 1. The van der Waals surface area contributed by atoms with Gasteiger partial charge in [0.1, 0.15) is 6.61 Å². The normalized spacial score (nSPS) is 9.89. The zero-order valence-corrected chi connectivity index (χ0v) is 11.6. The van der Waals surface area contributed by atoms with E-state index >= 15 is 0 Å². The Balaban J connectivity index is 2.93. The van der Waals surface area contributed by atoms with Gasteiger partial charge in [-0.25, -0.2) is 0 Å². The van der Waals surface area contributed by atoms with E-state index in [9.17, 15) is 4.79 Å². The molecule has 0 spiro atoms. The van der Waals surface area contributed by atoms with Crippen LogP contribution in [-0.2, 0) is 9.53 Å². The third-order valence-electron chi connectivity index (χ3n) is 2.39. The van der Waals surface area contributed by atoms with Crippen molar-refractivity contribution in [1.29, 1.82) is 0 Å². The summed E-state index contributed by atoms with van der Waals surface area (Å²) < 4.78 is 20.6. The molecule has 0 saturated carbocycles. The molecule has 0 atom stereocenters. The van der Waals surface area contributed by atoms with Crippen molar-refractivity contribution in [2.45, 2.75) is 6.92 Å². The largest absolute Gasteiger partial charge is 0.493 e. The molecular formula is C13H19NO5. The summed E-state index contributed by atoms with van der Waals surface area (Å²) in [4.78, 5) is 11.6. The van der Waals surface area contributed by atoms with E-state index in [1.165, 1.54) is 21.3 Å². The number of carbonyl (C=O) groups excluding carboxylic acids is 1. The first-order valence-electron chi connectivity index (χ1n) is 5.83. The molecule has 0 aromatic heterocycles. The van der Waals surface area contributed by atoms with Crippen LogP contribution in [-0.4, -0.2) is 40.5 Å². The zero-order valence-electron chi connectivity index (χ0n) is 11.6. The molecule has 0 saturated heterocycles. The Labute approximate surface area is 112 Å². The zero-order chi connectivity index (χ0) is 14.3. The minimum atomic E-state index is -0.240. The van der Waals surface area contributed by atoms with E-state index in [1.807, 2.05) is 6.92 Å². The Morgan fingerprint density at radius 2 is 1.68 bits per heavy atom. The van der Waals surface area contributed by atoms with E-state index in [0.29, 0.717) is 29.5 Å². The monoisotopic (exact) mass is 269 g/mol. The Morgan fingerprint density at radius 3 is 2.11 bits per heavy atom. The van der Waals surface area contributed by atoms with Crippen molar-refractivity contribution < 1.29 is 23.7 Å². The van der Waals surface area contributed by atoms with Gasteiger partial charge in [-0.15, -0.1) is 0 Å². The highest BCUT2D eigenvalue weighted by atomic mass is 16.5. The van der Waals surface area contributed by atoms with E-state index in [1.54, 1.807) is 12.1 Å². The molecule has 19 heavy (non-hydrogen) atoms. The van der Waals surface area contributed by atoms with Crippen LogP contribution in [0.15, 0.2) is 12.1 Å². The van der Waals surface area contributed by atoms with Gasteiger partial charge in [-0.1, -0.05) is 0 Å². The Bertz CT molecular complexity index is 408. The highest BCUT2D eigenvalue weighted by Crippen LogP contribution is 2.39. The minimum absolute atomic E-state index is 0.00710. The third kappa shape index (κ3) is 4.03. The predicted molar refractivity (Wildman–Crippen MR) is 71.2 cm³/mol. The van der Waals surface area contributed by atoms with Crippen LogP contribution in [0.25, 0.3) is 0 Å². The fraction of sp³-hybridized carbons (Fsp3) is 0.462. The lowest BCUT2D eigenvalue weighted by Gasteiger charge is -2.14. The highest BCUT2D eigenvalue weighted by Gasteiger charge is 2.14. The molecule has 1 aromatic rings. The average molecular weight is 269 g/mol. The number of hydrogen-bond donors (Lipinski definition) is 1. The SMILES string of the molecule is CCOCC(=O)Nc1cc(OC)c(OC)c(OC)c1. The number of carbonyl (C=O) groups is 1. The second-order valence-electron chi connectivity index (χ2n) is 3.60. The smallest absolute Gasteiger partial charge is 0.250 e. The lowest BCUT2D eigenvalue weighted by molar-refractivity contribution is -0.120. The fourth-order valence-electron chi connectivity index (χ4n) is 1.55. The molecule has 1 aromatic carbocycles. The first-order chi connectivity index (χ1) is 9.15. The van der Waals surface area contributed by atoms with Crippen molar-refractivity contribution >= 4 is 11.6 Å². The van der Waals surface area contributed by atoms with Gasteiger partial charge in [-0.2, -0.15) is 0 Å². The number of anilines is 1. The number of ether oxygens (including phenoxy) is 4. The van der Waals surface area contributed by atoms with Crippen molar-refractivity contribution in [3.05, 3.63) is 12.1 Å². The van der Waals surface area contributed by atoms with Gasteiger partial charge in [0.05, 0.1) is 21.3 Å². The lowest BCUT2D eigenvalue weighted by atomic mass is 10.2. The summed E-state index contributed by atoms with van der Waals surface area (Å²) in [5.41, 5.74) is 0.555. The number of hydrogen-bond acceptors (Lipinski definition) is 5. The first kappa shape index (κ1) is 15.1. The minimum Gasteiger partial charge on any atom is -0.493 e. The molecule has 0 aliphatic rings. The molecule has 1 N–H and O–H groups in total. The molecule has 0 radical (unpaired) electrons. The quantitative estimate of drug-likeness (QED) is 0.816. The average Bonchev–Trinajstić information content (AvgIpc) is 2.43. The molecule has 0 fully saturated rings. The van der Waals surface area contributed by atoms with Crippen LogP contribution >= 0.6 is 0 Å². The van der Waals surface area contributed by atoms with Gasteiger partial charge in [0.15, 0.2) is 11.5 Å². The molecule has 0 aliphatic heterocycles. The number of methoxy groups -OCH3 is 3. The van der Waals surface area contributed by atoms with E-state index in [-0.39, 0.29) is 12.5 Å². The van der Waals surface area contributed by atoms with Crippen molar-refractivity contribution in [2.75, 3.05) is 39.9 Å². The third-order valence-corrected chi connectivity index (χ3v) is 2.39. The van der Waals surface area contributed by atoms with Gasteiger partial charge in [0.25, 0.3) is 0 Å². The predicted octanol–water partition coefficient (Wildman–Crippen LogP) is 1.69. The van der Waals surface area contributed by atoms with Gasteiger partial charge in [-0.05, 0) is 6.92 Å². The Hall–Kier alpha value is -1.95. The number of benzene rings is 1. The second kappa shape index (κ2) is 7.48. The van der Waals surface area contributed by atoms with Crippen LogP contribution in [0.1, 0.15) is 6.92 Å². The van der Waals surface area contributed by atoms with E-state index in [4.69, 9.17) is 18.9 Å². The van der Waals surface area contributed by atoms with Crippen LogP contribution in [0.3, 0.4) is 0 Å². The van der Waals surface area contributed by atoms with Crippen LogP contribution in [0, 0.1) is 0 Å². The maximum absolute atomic E-state index is 11.6. The standard InChI is InChI=1S/C13H19NO5/c1-5-19-8-12(15)14-9-6-10(16-2)13(18-4)11(7-9)17-3/h6-7H,5,8H2,1-4H3,(H,14,15). The maximum Gasteiger partial charge on any atom is 0.250 e. The van der Waals surface area contributed by atoms with Crippen molar-refractivity contribution in [1.82, 2.24) is 0 Å². The summed E-state index contributed by atoms with van der Waals surface area (Å²) in [7, 11) is 4.56. The van der Waals surface area contributed by atoms with Gasteiger partial charge in [0.2, 0.25) is 11.7 Å². The molecule has 6 heteroatoms. The number of rotatable bonds is 7. The second-order valence-corrected chi connectivity index (χ2v) is 3.60. The van der Waals surface area contributed by atoms with Gasteiger partial charge in [-0.3, -0.25) is 4.79 Å². The Kier molecular flexibility index (Phi) is 5.95. The lowest BCUT2D eigenvalue weighted by Crippen LogP contribution is -2.18. The summed E-state index contributed by atoms with van der Waals surface area (Å²) in [6.07, 6.45) is 0. The topological polar surface area (TPSA) is 66.0 Å². The summed E-state index contributed by atoms with van der Waals surface area (Å²) in [5.74, 6) is 1.20. The summed E-state index contributed by atoms with van der Waals surface area (Å²) in [6.45, 7) is 2.32. The number of nitrogens with one attached hydrogen (secondary N) is 1. The van der Waals surface area contributed by atoms with Gasteiger partial charge >= 0.3 is 0 Å². The van der Waals surface area contributed by atoms with E-state index in [2.05, 4.69) is 5.32 Å². The van der Waals surface area contributed by atoms with Crippen LogP contribution < -0.4 is 19.5 Å². The summed E-state index contributed by atoms with van der Waals surface area (Å²) in [6, 6.07) is 3.32. The van der Waals surface area contributed by atoms with E-state index in [0.717, 1.165) is 0 Å². The highest BCUT2D eigenvalue weighted by molar-refractivity contribution is 5.92. The molecule has 1 rings (SSSR count). The van der Waals surface area contributed by atoms with Crippen molar-refractivity contribution in [3.8, 4) is 17.2 Å². The summed E-state index contributed by atoms with van der Waals surface area (Å²) >= 11 is 0. The first-order valence-corrected chi connectivity index (χ1v) is 5.83. The molecule has 0 unspecified atom stereocenters. The molecule has 1 amide bonds. The summed E-state index contributed by atoms with van der Waals surface area (Å²) in [5, 5.41) is 2.70. The van der Waals surface area contributed by atoms with Crippen LogP contribution in [0.2, 0.25) is 0 Å².